The Kier molecular flexibility index (Phi) is 19.6. The molecule has 2 aromatic rings. The number of halogens is 2. The van der Waals surface area contributed by atoms with E-state index in [1.165, 1.54) is 5.56 Å². The number of rotatable bonds is 5. The van der Waals surface area contributed by atoms with Gasteiger partial charge in [-0.3, -0.25) is 4.99 Å². The zero-order valence-corrected chi connectivity index (χ0v) is 23.9. The highest BCUT2D eigenvalue weighted by Gasteiger charge is 2.32. The first-order valence-electron chi connectivity index (χ1n) is 13.1. The van der Waals surface area contributed by atoms with Crippen molar-refractivity contribution in [1.29, 1.82) is 0 Å². The van der Waals surface area contributed by atoms with Gasteiger partial charge in [-0.25, -0.2) is 13.8 Å². The van der Waals surface area contributed by atoms with E-state index in [4.69, 9.17) is 0 Å². The Morgan fingerprint density at radius 3 is 2.20 bits per heavy atom. The second kappa shape index (κ2) is 19.8. The summed E-state index contributed by atoms with van der Waals surface area (Å²) in [6.45, 7) is 25.7. The molecule has 3 heterocycles. The molecule has 0 N–H and O–H groups in total. The molecule has 1 saturated heterocycles. The summed E-state index contributed by atoms with van der Waals surface area (Å²) in [6.07, 6.45) is 9.50. The summed E-state index contributed by atoms with van der Waals surface area (Å²) in [7, 11) is 0. The number of alkyl halides is 2. The molecule has 0 atom stereocenters. The summed E-state index contributed by atoms with van der Waals surface area (Å²) in [5.41, 5.74) is 3.22. The lowest BCUT2D eigenvalue weighted by atomic mass is 10.1. The average molecular weight is 493 g/mol. The normalized spacial score (nSPS) is 14.5. The van der Waals surface area contributed by atoms with E-state index in [0.29, 0.717) is 19.0 Å². The summed E-state index contributed by atoms with van der Waals surface area (Å²) >= 11 is 0. The zero-order chi connectivity index (χ0) is 27.4. The maximum absolute atomic E-state index is 12.5. The van der Waals surface area contributed by atoms with Crippen LogP contribution < -0.4 is 0 Å². The summed E-state index contributed by atoms with van der Waals surface area (Å²) in [6, 6.07) is 4.24. The summed E-state index contributed by atoms with van der Waals surface area (Å²) in [5, 5.41) is 1.16. The van der Waals surface area contributed by atoms with Crippen LogP contribution in [-0.2, 0) is 0 Å². The molecule has 3 rings (SSSR count). The van der Waals surface area contributed by atoms with Gasteiger partial charge >= 0.3 is 0 Å². The van der Waals surface area contributed by atoms with Crippen LogP contribution in [0.2, 0.25) is 0 Å². The summed E-state index contributed by atoms with van der Waals surface area (Å²) in [5.74, 6) is -1.85. The largest absolute Gasteiger partial charge is 0.377 e. The van der Waals surface area contributed by atoms with Gasteiger partial charge in [-0.15, -0.1) is 0 Å². The zero-order valence-electron chi connectivity index (χ0n) is 23.9. The highest BCUT2D eigenvalue weighted by atomic mass is 19.3. The fourth-order valence-corrected chi connectivity index (χ4v) is 3.01. The highest BCUT2D eigenvalue weighted by molar-refractivity contribution is 6.04. The van der Waals surface area contributed by atoms with Crippen molar-refractivity contribution in [2.75, 3.05) is 19.6 Å². The lowest BCUT2D eigenvalue weighted by Crippen LogP contribution is -2.36. The Morgan fingerprint density at radius 1 is 1.14 bits per heavy atom. The van der Waals surface area contributed by atoms with Crippen LogP contribution in [0, 0.1) is 12.8 Å². The Balaban J connectivity index is 0. The van der Waals surface area contributed by atoms with Gasteiger partial charge < -0.3 is 9.47 Å². The van der Waals surface area contributed by atoms with Gasteiger partial charge in [-0.1, -0.05) is 68.0 Å². The van der Waals surface area contributed by atoms with E-state index in [1.54, 1.807) is 6.20 Å². The van der Waals surface area contributed by atoms with Gasteiger partial charge in [0.05, 0.1) is 5.70 Å². The number of fused-ring (bicyclic) bond motifs is 1. The van der Waals surface area contributed by atoms with Gasteiger partial charge in [0.1, 0.15) is 5.65 Å². The molecule has 1 aliphatic heterocycles. The summed E-state index contributed by atoms with van der Waals surface area (Å²) in [4.78, 5) is 10.8. The molecule has 200 valence electrons. The smallest absolute Gasteiger partial charge is 0.251 e. The molecule has 6 heteroatoms. The van der Waals surface area contributed by atoms with Crippen molar-refractivity contribution in [1.82, 2.24) is 14.5 Å². The number of aromatic nitrogens is 2. The molecule has 0 amide bonds. The minimum absolute atomic E-state index is 0.0288. The van der Waals surface area contributed by atoms with Crippen LogP contribution in [-0.4, -0.2) is 46.2 Å². The molecule has 0 aromatic carbocycles. The van der Waals surface area contributed by atoms with Gasteiger partial charge in [-0.05, 0) is 43.7 Å². The van der Waals surface area contributed by atoms with Crippen LogP contribution in [0.1, 0.15) is 80.7 Å². The number of piperidine rings is 1. The van der Waals surface area contributed by atoms with E-state index in [-0.39, 0.29) is 12.8 Å². The van der Waals surface area contributed by atoms with Gasteiger partial charge in [0.15, 0.2) is 0 Å². The van der Waals surface area contributed by atoms with E-state index in [2.05, 4.69) is 60.1 Å². The number of hydrogen-bond acceptors (Lipinski definition) is 3. The Bertz CT molecular complexity index is 857. The molecule has 1 fully saturated rings. The molecule has 0 spiro atoms. The lowest BCUT2D eigenvalue weighted by Gasteiger charge is -2.30. The van der Waals surface area contributed by atoms with Crippen molar-refractivity contribution in [2.24, 2.45) is 10.9 Å². The number of likely N-dealkylation sites (tertiary alicyclic amines) is 1. The minimum Gasteiger partial charge on any atom is -0.377 e. The second-order valence-corrected chi connectivity index (χ2v) is 7.79. The van der Waals surface area contributed by atoms with Gasteiger partial charge in [0, 0.05) is 56.5 Å². The van der Waals surface area contributed by atoms with Crippen LogP contribution >= 0.6 is 0 Å². The average Bonchev–Trinajstić information content (AvgIpc) is 3.28. The fraction of sp³-hybridized carbons (Fsp3) is 0.586. The SMILES string of the molecule is C/C=C(\C=NCC(C)C)n1ccc2cc(C)cnc21.C=CN1CCC(F)(F)CC1.CC.CC.CC. The third-order valence-corrected chi connectivity index (χ3v) is 4.72. The molecular weight excluding hydrogens is 442 g/mol. The second-order valence-electron chi connectivity index (χ2n) is 7.79. The van der Waals surface area contributed by atoms with E-state index in [9.17, 15) is 8.78 Å². The van der Waals surface area contributed by atoms with Crippen molar-refractivity contribution in [3.8, 4) is 0 Å². The van der Waals surface area contributed by atoms with Crippen LogP contribution in [0.25, 0.3) is 16.7 Å². The van der Waals surface area contributed by atoms with Crippen molar-refractivity contribution in [3.63, 3.8) is 0 Å². The van der Waals surface area contributed by atoms with Crippen molar-refractivity contribution in [2.45, 2.75) is 88.0 Å². The van der Waals surface area contributed by atoms with Gasteiger partial charge in [0.2, 0.25) is 0 Å². The molecule has 0 aliphatic carbocycles. The van der Waals surface area contributed by atoms with Gasteiger partial charge in [-0.2, -0.15) is 0 Å². The number of nitrogens with zero attached hydrogens (tertiary/aromatic N) is 4. The first kappa shape index (κ1) is 34.7. The monoisotopic (exact) mass is 492 g/mol. The lowest BCUT2D eigenvalue weighted by molar-refractivity contribution is -0.0468. The standard InChI is InChI=1S/C16H21N3.C7H11F2N.3C2H6/c1-5-15(11-17-9-12(2)3)19-7-6-14-8-13(4)10-18-16(14)19;1-2-10-5-3-7(8,9)4-6-10;3*1-2/h5-8,10-12H,9H2,1-4H3;2H,1,3-6H2;3*1-2H3/b15-5+,17-11?;;;;. The number of hydrogen-bond donors (Lipinski definition) is 0. The molecule has 35 heavy (non-hydrogen) atoms. The quantitative estimate of drug-likeness (QED) is 0.390. The number of pyridine rings is 1. The Labute approximate surface area is 213 Å². The first-order valence-corrected chi connectivity index (χ1v) is 13.1. The molecule has 0 saturated carbocycles. The third kappa shape index (κ3) is 13.2. The Morgan fingerprint density at radius 2 is 1.71 bits per heavy atom. The highest BCUT2D eigenvalue weighted by Crippen LogP contribution is 2.27. The maximum Gasteiger partial charge on any atom is 0.251 e. The van der Waals surface area contributed by atoms with Crippen LogP contribution in [0.15, 0.2) is 48.4 Å². The van der Waals surface area contributed by atoms with E-state index in [1.807, 2.05) is 72.0 Å². The van der Waals surface area contributed by atoms with Gasteiger partial charge in [0.25, 0.3) is 5.92 Å². The van der Waals surface area contributed by atoms with E-state index >= 15 is 0 Å². The molecule has 4 nitrogen and oxygen atoms in total. The Hall–Kier alpha value is -2.50. The minimum atomic E-state index is -2.43. The third-order valence-electron chi connectivity index (χ3n) is 4.72. The van der Waals surface area contributed by atoms with Crippen LogP contribution in [0.3, 0.4) is 0 Å². The van der Waals surface area contributed by atoms with Crippen molar-refractivity contribution < 1.29 is 8.78 Å². The fourth-order valence-electron chi connectivity index (χ4n) is 3.01. The predicted molar refractivity (Wildman–Crippen MR) is 153 cm³/mol. The molecular formula is C29H50F2N4. The number of aliphatic imine (C=N–C) groups is 1. The number of allylic oxidation sites excluding steroid dienone is 2. The predicted octanol–water partition coefficient (Wildman–Crippen LogP) is 8.87. The molecule has 1 aliphatic rings. The topological polar surface area (TPSA) is 33.4 Å². The van der Waals surface area contributed by atoms with E-state index in [0.717, 1.165) is 23.3 Å². The van der Waals surface area contributed by atoms with Crippen molar-refractivity contribution >= 4 is 22.9 Å². The summed E-state index contributed by atoms with van der Waals surface area (Å²) < 4.78 is 27.0. The van der Waals surface area contributed by atoms with Crippen LogP contribution in [0.5, 0.6) is 0 Å². The molecule has 0 radical (unpaired) electrons. The first-order chi connectivity index (χ1) is 16.8. The number of aryl methyl sites for hydroxylation is 1. The van der Waals surface area contributed by atoms with E-state index < -0.39 is 5.92 Å². The maximum atomic E-state index is 12.5. The molecule has 2 aromatic heterocycles. The van der Waals surface area contributed by atoms with Crippen molar-refractivity contribution in [3.05, 3.63) is 48.9 Å². The van der Waals surface area contributed by atoms with Crippen LogP contribution in [0.4, 0.5) is 8.78 Å². The molecule has 0 bridgehead atoms. The molecule has 0 unspecified atom stereocenters.